The van der Waals surface area contributed by atoms with Crippen LogP contribution in [-0.4, -0.2) is 39.8 Å². The molecule has 1 aliphatic carbocycles. The van der Waals surface area contributed by atoms with E-state index in [1.807, 2.05) is 48.5 Å². The number of hydrogen-bond donors (Lipinski definition) is 2. The summed E-state index contributed by atoms with van der Waals surface area (Å²) in [6, 6.07) is 22.0. The number of nitrogens with zero attached hydrogens (tertiary/aromatic N) is 1. The lowest BCUT2D eigenvalue weighted by Crippen LogP contribution is -2.27. The third kappa shape index (κ3) is 9.34. The first-order chi connectivity index (χ1) is 20.1. The van der Waals surface area contributed by atoms with Crippen LogP contribution in [0.5, 0.6) is 11.5 Å². The van der Waals surface area contributed by atoms with Gasteiger partial charge in [-0.1, -0.05) is 36.4 Å². The first kappa shape index (κ1) is 31.1. The Morgan fingerprint density at radius 3 is 2.10 bits per heavy atom. The highest BCUT2D eigenvalue weighted by atomic mass is 19.4. The number of ether oxygens (including phenoxy) is 1. The molecule has 1 saturated carbocycles. The fourth-order valence-corrected chi connectivity index (χ4v) is 5.50. The van der Waals surface area contributed by atoms with Gasteiger partial charge in [-0.15, -0.1) is 0 Å². The lowest BCUT2D eigenvalue weighted by atomic mass is 9.78. The van der Waals surface area contributed by atoms with Crippen LogP contribution in [0.15, 0.2) is 72.8 Å². The molecule has 0 saturated heterocycles. The Bertz CT molecular complexity index is 1320. The van der Waals surface area contributed by atoms with Crippen LogP contribution in [0.2, 0.25) is 0 Å². The largest absolute Gasteiger partial charge is 0.481 e. The van der Waals surface area contributed by atoms with Crippen LogP contribution in [0.1, 0.15) is 77.9 Å². The molecule has 0 atom stereocenters. The number of carboxylic acids is 2. The standard InChI is InChI=1S/C33H36F3NO5/c34-33(35,36)28-15-11-25(12-16-28)26-13-17-29(18-14-26)42-30-5-3-4-24(20-30)22-37(19-2-1-6-31(38)39)21-23-7-9-27(10-8-23)32(40)41/h3-5,7-10,13-14,17-18,20,25,28H,1-2,6,11-12,15-16,19,21-22H2,(H,38,39)(H,40,41). The summed E-state index contributed by atoms with van der Waals surface area (Å²) in [5.41, 5.74) is 3.22. The summed E-state index contributed by atoms with van der Waals surface area (Å²) in [5.74, 6) is -1.57. The molecule has 0 aromatic heterocycles. The molecule has 1 aliphatic rings. The van der Waals surface area contributed by atoms with Crippen LogP contribution < -0.4 is 4.74 Å². The van der Waals surface area contributed by atoms with Crippen molar-refractivity contribution in [3.05, 3.63) is 95.1 Å². The number of aromatic carboxylic acids is 1. The Morgan fingerprint density at radius 1 is 0.810 bits per heavy atom. The smallest absolute Gasteiger partial charge is 0.391 e. The zero-order valence-electron chi connectivity index (χ0n) is 23.4. The van der Waals surface area contributed by atoms with E-state index in [-0.39, 0.29) is 30.7 Å². The summed E-state index contributed by atoms with van der Waals surface area (Å²) in [6.45, 7) is 1.83. The summed E-state index contributed by atoms with van der Waals surface area (Å²) in [6.07, 6.45) is -1.33. The molecule has 3 aromatic carbocycles. The van der Waals surface area contributed by atoms with Crippen molar-refractivity contribution < 1.29 is 37.7 Å². The van der Waals surface area contributed by atoms with Crippen LogP contribution in [0.3, 0.4) is 0 Å². The van der Waals surface area contributed by atoms with E-state index in [0.29, 0.717) is 56.8 Å². The maximum absolute atomic E-state index is 13.0. The van der Waals surface area contributed by atoms with Crippen molar-refractivity contribution in [2.24, 2.45) is 5.92 Å². The highest BCUT2D eigenvalue weighted by Crippen LogP contribution is 2.43. The molecule has 0 aliphatic heterocycles. The molecule has 4 rings (SSSR count). The van der Waals surface area contributed by atoms with Gasteiger partial charge in [-0.05, 0) is 104 Å². The summed E-state index contributed by atoms with van der Waals surface area (Å²) in [4.78, 5) is 24.3. The Morgan fingerprint density at radius 2 is 1.48 bits per heavy atom. The predicted molar refractivity (Wildman–Crippen MR) is 153 cm³/mol. The van der Waals surface area contributed by atoms with Gasteiger partial charge in [-0.3, -0.25) is 9.69 Å². The zero-order chi connectivity index (χ0) is 30.1. The lowest BCUT2D eigenvalue weighted by molar-refractivity contribution is -0.182. The molecule has 0 heterocycles. The number of benzene rings is 3. The number of carbonyl (C=O) groups is 2. The minimum Gasteiger partial charge on any atom is -0.481 e. The molecule has 9 heteroatoms. The number of alkyl halides is 3. The molecule has 6 nitrogen and oxygen atoms in total. The fourth-order valence-electron chi connectivity index (χ4n) is 5.50. The summed E-state index contributed by atoms with van der Waals surface area (Å²) in [5, 5.41) is 18.2. The van der Waals surface area contributed by atoms with Crippen molar-refractivity contribution >= 4 is 11.9 Å². The molecule has 224 valence electrons. The maximum atomic E-state index is 13.0. The first-order valence-electron chi connectivity index (χ1n) is 14.3. The maximum Gasteiger partial charge on any atom is 0.391 e. The number of unbranched alkanes of at least 4 members (excludes halogenated alkanes) is 1. The molecule has 1 fully saturated rings. The molecule has 42 heavy (non-hydrogen) atoms. The number of halogens is 3. The van der Waals surface area contributed by atoms with Crippen molar-refractivity contribution in [2.75, 3.05) is 6.54 Å². The number of rotatable bonds is 13. The van der Waals surface area contributed by atoms with Gasteiger partial charge in [-0.2, -0.15) is 13.2 Å². The average molecular weight is 584 g/mol. The van der Waals surface area contributed by atoms with Crippen molar-refractivity contribution in [3.63, 3.8) is 0 Å². The third-order valence-electron chi connectivity index (χ3n) is 7.80. The molecule has 0 amide bonds. The average Bonchev–Trinajstić information content (AvgIpc) is 2.96. The van der Waals surface area contributed by atoms with Crippen LogP contribution in [-0.2, 0) is 17.9 Å². The molecule has 3 aromatic rings. The van der Waals surface area contributed by atoms with Gasteiger partial charge in [0.1, 0.15) is 11.5 Å². The second kappa shape index (κ2) is 14.4. The fraction of sp³-hybridized carbons (Fsp3) is 0.394. The van der Waals surface area contributed by atoms with Crippen molar-refractivity contribution in [1.29, 1.82) is 0 Å². The van der Waals surface area contributed by atoms with Crippen LogP contribution in [0, 0.1) is 5.92 Å². The second-order valence-corrected chi connectivity index (χ2v) is 11.0. The van der Waals surface area contributed by atoms with Gasteiger partial charge in [0.05, 0.1) is 11.5 Å². The minimum atomic E-state index is -4.11. The lowest BCUT2D eigenvalue weighted by Gasteiger charge is -2.30. The van der Waals surface area contributed by atoms with Crippen LogP contribution in [0.4, 0.5) is 13.2 Å². The number of aliphatic carboxylic acids is 1. The van der Waals surface area contributed by atoms with Gasteiger partial charge in [0.2, 0.25) is 0 Å². The van der Waals surface area contributed by atoms with Crippen molar-refractivity contribution in [1.82, 2.24) is 4.90 Å². The van der Waals surface area contributed by atoms with Crippen molar-refractivity contribution in [2.45, 2.75) is 70.1 Å². The molecule has 0 spiro atoms. The number of hydrogen-bond acceptors (Lipinski definition) is 4. The molecule has 0 bridgehead atoms. The molecular weight excluding hydrogens is 547 g/mol. The normalized spacial score (nSPS) is 17.2. The van der Waals surface area contributed by atoms with Crippen molar-refractivity contribution in [3.8, 4) is 11.5 Å². The van der Waals surface area contributed by atoms with E-state index < -0.39 is 24.0 Å². The summed E-state index contributed by atoms with van der Waals surface area (Å²) < 4.78 is 45.1. The molecular formula is C33H36F3NO5. The number of carboxylic acid groups (broad SMARTS) is 2. The van der Waals surface area contributed by atoms with Gasteiger partial charge in [0, 0.05) is 19.5 Å². The Kier molecular flexibility index (Phi) is 10.6. The third-order valence-corrected chi connectivity index (χ3v) is 7.80. The van der Waals surface area contributed by atoms with Gasteiger partial charge < -0.3 is 14.9 Å². The van der Waals surface area contributed by atoms with Gasteiger partial charge in [-0.25, -0.2) is 4.79 Å². The Balaban J connectivity index is 1.37. The topological polar surface area (TPSA) is 87.1 Å². The highest BCUT2D eigenvalue weighted by molar-refractivity contribution is 5.87. The molecule has 0 unspecified atom stereocenters. The van der Waals surface area contributed by atoms with E-state index >= 15 is 0 Å². The van der Waals surface area contributed by atoms with Gasteiger partial charge in [0.15, 0.2) is 0 Å². The summed E-state index contributed by atoms with van der Waals surface area (Å²) >= 11 is 0. The Labute approximate surface area is 243 Å². The van der Waals surface area contributed by atoms with Gasteiger partial charge >= 0.3 is 18.1 Å². The molecule has 0 radical (unpaired) electrons. The molecule has 2 N–H and O–H groups in total. The Hall–Kier alpha value is -3.85. The van der Waals surface area contributed by atoms with E-state index in [9.17, 15) is 27.9 Å². The second-order valence-electron chi connectivity index (χ2n) is 11.0. The zero-order valence-corrected chi connectivity index (χ0v) is 23.4. The SMILES string of the molecule is O=C(O)CCCCN(Cc1ccc(C(=O)O)cc1)Cc1cccc(Oc2ccc(C3CCC(C(F)(F)F)CC3)cc2)c1. The first-order valence-corrected chi connectivity index (χ1v) is 14.3. The van der Waals surface area contributed by atoms with Crippen LogP contribution >= 0.6 is 0 Å². The monoisotopic (exact) mass is 583 g/mol. The van der Waals surface area contributed by atoms with E-state index in [0.717, 1.165) is 16.7 Å². The van der Waals surface area contributed by atoms with Gasteiger partial charge in [0.25, 0.3) is 0 Å². The quantitative estimate of drug-likeness (QED) is 0.197. The summed E-state index contributed by atoms with van der Waals surface area (Å²) in [7, 11) is 0. The minimum absolute atomic E-state index is 0.109. The van der Waals surface area contributed by atoms with E-state index in [1.54, 1.807) is 24.3 Å². The van der Waals surface area contributed by atoms with E-state index in [1.165, 1.54) is 0 Å². The van der Waals surface area contributed by atoms with Crippen LogP contribution in [0.25, 0.3) is 0 Å². The highest BCUT2D eigenvalue weighted by Gasteiger charge is 2.41. The van der Waals surface area contributed by atoms with E-state index in [2.05, 4.69) is 4.90 Å². The predicted octanol–water partition coefficient (Wildman–Crippen LogP) is 8.27. The van der Waals surface area contributed by atoms with E-state index in [4.69, 9.17) is 9.84 Å².